The fourth-order valence-corrected chi connectivity index (χ4v) is 10.3. The maximum Gasteiger partial charge on any atom is 0.471 e. The number of alkyl halides is 3. The van der Waals surface area contributed by atoms with Crippen LogP contribution in [0.15, 0.2) is 78.9 Å². The van der Waals surface area contributed by atoms with Crippen molar-refractivity contribution < 1.29 is 41.9 Å². The fraction of sp³-hybridized carbons (Fsp3) is 0.540. The molecule has 2 N–H and O–H groups in total. The molecule has 1 saturated heterocycles. The first-order chi connectivity index (χ1) is 30.6. The van der Waals surface area contributed by atoms with E-state index in [1.807, 2.05) is 53.8 Å². The van der Waals surface area contributed by atoms with Gasteiger partial charge in [0.1, 0.15) is 17.6 Å². The first-order valence-electron chi connectivity index (χ1n) is 23.0. The summed E-state index contributed by atoms with van der Waals surface area (Å²) in [5.41, 5.74) is -0.510. The molecule has 14 heteroatoms. The molecule has 10 nitrogen and oxygen atoms in total. The standard InChI is InChI=1S/C50H62ClF3N4O6/c1-34(2)43(57(3)47(63)48(29-15-16-30-48)56-46(62)50(52,53)54)44(60)55-41(45(61)58-31-17-18-32-58)33-42(59)64-49(37-21-11-8-12-22-37,39-23-13-14-24-40(39)51)38-27-25-36(26-28-38)35-19-9-6-4-5-7-10-20-35/h8,11-14,21-28,34-35,41,43H,4-7,9-10,15-20,29-33H2,1-3H3,(H,55,60)(H,56,62)/t41-,43-,49?/m0/s1. The lowest BCUT2D eigenvalue weighted by Crippen LogP contribution is -2.64. The van der Waals surface area contributed by atoms with Gasteiger partial charge in [-0.2, -0.15) is 13.2 Å². The lowest BCUT2D eigenvalue weighted by molar-refractivity contribution is -0.177. The number of likely N-dealkylation sites (N-methyl/N-ethyl adjacent to an activating group) is 1. The molecule has 1 aliphatic heterocycles. The molecular formula is C50H62ClF3N4O6. The van der Waals surface area contributed by atoms with Gasteiger partial charge in [0.2, 0.25) is 17.7 Å². The fourth-order valence-electron chi connectivity index (χ4n) is 10.1. The topological polar surface area (TPSA) is 125 Å². The summed E-state index contributed by atoms with van der Waals surface area (Å²) in [5, 5.41) is 5.05. The summed E-state index contributed by atoms with van der Waals surface area (Å²) in [6.07, 6.45) is 5.84. The third kappa shape index (κ3) is 11.1. The number of esters is 1. The number of halogens is 4. The van der Waals surface area contributed by atoms with Crippen molar-refractivity contribution in [1.82, 2.24) is 20.4 Å². The van der Waals surface area contributed by atoms with Crippen molar-refractivity contribution in [2.24, 2.45) is 5.92 Å². The van der Waals surface area contributed by atoms with Gasteiger partial charge in [-0.25, -0.2) is 0 Å². The van der Waals surface area contributed by atoms with E-state index in [2.05, 4.69) is 17.4 Å². The molecular weight excluding hydrogens is 845 g/mol. The average Bonchev–Trinajstić information content (AvgIpc) is 4.01. The van der Waals surface area contributed by atoms with Crippen LogP contribution in [0.25, 0.3) is 0 Å². The first-order valence-corrected chi connectivity index (χ1v) is 23.3. The zero-order valence-corrected chi connectivity index (χ0v) is 37.9. The van der Waals surface area contributed by atoms with Crippen molar-refractivity contribution >= 4 is 41.2 Å². The minimum Gasteiger partial charge on any atom is -0.444 e. The maximum absolute atomic E-state index is 14.8. The third-order valence-corrected chi connectivity index (χ3v) is 13.7. The highest BCUT2D eigenvalue weighted by atomic mass is 35.5. The monoisotopic (exact) mass is 906 g/mol. The third-order valence-electron chi connectivity index (χ3n) is 13.4. The molecule has 3 aromatic carbocycles. The van der Waals surface area contributed by atoms with E-state index >= 15 is 0 Å². The molecule has 2 saturated carbocycles. The lowest BCUT2D eigenvalue weighted by atomic mass is 9.78. The predicted octanol–water partition coefficient (Wildman–Crippen LogP) is 9.36. The van der Waals surface area contributed by atoms with Gasteiger partial charge in [0.15, 0.2) is 5.60 Å². The number of rotatable bonds is 14. The van der Waals surface area contributed by atoms with Gasteiger partial charge >= 0.3 is 18.1 Å². The van der Waals surface area contributed by atoms with E-state index in [0.29, 0.717) is 53.6 Å². The van der Waals surface area contributed by atoms with Crippen LogP contribution in [-0.4, -0.2) is 83.3 Å². The summed E-state index contributed by atoms with van der Waals surface area (Å²) in [6, 6.07) is 21.8. The molecule has 4 amide bonds. The lowest BCUT2D eigenvalue weighted by Gasteiger charge is -2.39. The van der Waals surface area contributed by atoms with E-state index in [1.165, 1.54) is 38.3 Å². The van der Waals surface area contributed by atoms with Crippen molar-refractivity contribution in [2.45, 2.75) is 145 Å². The molecule has 6 rings (SSSR count). The second-order valence-electron chi connectivity index (χ2n) is 18.2. The second-order valence-corrected chi connectivity index (χ2v) is 18.6. The molecule has 3 fully saturated rings. The number of hydrogen-bond acceptors (Lipinski definition) is 6. The van der Waals surface area contributed by atoms with E-state index < -0.39 is 71.3 Å². The molecule has 0 spiro atoms. The molecule has 1 heterocycles. The molecule has 0 radical (unpaired) electrons. The largest absolute Gasteiger partial charge is 0.471 e. The molecule has 3 aliphatic rings. The van der Waals surface area contributed by atoms with Gasteiger partial charge in [-0.05, 0) is 62.0 Å². The minimum absolute atomic E-state index is 0.0375. The number of carbonyl (C=O) groups is 5. The van der Waals surface area contributed by atoms with Crippen molar-refractivity contribution in [1.29, 1.82) is 0 Å². The SMILES string of the molecule is CC(C)[C@@H](C(=O)N[C@@H](CC(=O)OC(c1ccccc1)(c1ccc(C2CCCCCCCC2)cc1)c1ccccc1Cl)C(=O)N1CCCC1)N(C)C(=O)C1(NC(=O)C(F)(F)F)CCCC1. The number of hydrogen-bond donors (Lipinski definition) is 2. The molecule has 2 aliphatic carbocycles. The highest BCUT2D eigenvalue weighted by Gasteiger charge is 2.51. The highest BCUT2D eigenvalue weighted by Crippen LogP contribution is 2.45. The van der Waals surface area contributed by atoms with Crippen LogP contribution in [-0.2, 0) is 34.3 Å². The highest BCUT2D eigenvalue weighted by molar-refractivity contribution is 6.31. The maximum atomic E-state index is 14.8. The summed E-state index contributed by atoms with van der Waals surface area (Å²) < 4.78 is 47.1. The second kappa shape index (κ2) is 21.4. The summed E-state index contributed by atoms with van der Waals surface area (Å²) in [7, 11) is 1.31. The van der Waals surface area contributed by atoms with Crippen LogP contribution in [0, 0.1) is 5.92 Å². The number of nitrogens with one attached hydrogen (secondary N) is 2. The Kier molecular flexibility index (Phi) is 16.2. The van der Waals surface area contributed by atoms with E-state index in [9.17, 15) is 37.1 Å². The van der Waals surface area contributed by atoms with Gasteiger partial charge in [0.25, 0.3) is 0 Å². The zero-order valence-electron chi connectivity index (χ0n) is 37.2. The van der Waals surface area contributed by atoms with E-state index in [4.69, 9.17) is 16.3 Å². The molecule has 64 heavy (non-hydrogen) atoms. The van der Waals surface area contributed by atoms with Crippen LogP contribution in [0.5, 0.6) is 0 Å². The summed E-state index contributed by atoms with van der Waals surface area (Å²) in [4.78, 5) is 72.5. The van der Waals surface area contributed by atoms with Gasteiger partial charge < -0.3 is 25.2 Å². The van der Waals surface area contributed by atoms with Crippen LogP contribution in [0.2, 0.25) is 5.02 Å². The molecule has 1 unspecified atom stereocenters. The van der Waals surface area contributed by atoms with Gasteiger partial charge in [-0.15, -0.1) is 0 Å². The Hall–Kier alpha value is -4.91. The van der Waals surface area contributed by atoms with Crippen LogP contribution >= 0.6 is 11.6 Å². The number of benzene rings is 3. The van der Waals surface area contributed by atoms with Crippen molar-refractivity contribution in [3.63, 3.8) is 0 Å². The summed E-state index contributed by atoms with van der Waals surface area (Å²) >= 11 is 7.01. The first kappa shape index (κ1) is 48.5. The number of ether oxygens (including phenoxy) is 1. The predicted molar refractivity (Wildman–Crippen MR) is 239 cm³/mol. The summed E-state index contributed by atoms with van der Waals surface area (Å²) in [6.45, 7) is 4.15. The Morgan fingerprint density at radius 3 is 1.92 bits per heavy atom. The van der Waals surface area contributed by atoms with Crippen LogP contribution in [0.1, 0.15) is 138 Å². The summed E-state index contributed by atoms with van der Waals surface area (Å²) in [5.74, 6) is -5.39. The van der Waals surface area contributed by atoms with Crippen LogP contribution < -0.4 is 10.6 Å². The number of likely N-dealkylation sites (tertiary alicyclic amines) is 1. The average molecular weight is 908 g/mol. The Morgan fingerprint density at radius 2 is 1.34 bits per heavy atom. The number of amides is 4. The van der Waals surface area contributed by atoms with E-state index in [-0.39, 0.29) is 12.8 Å². The number of carbonyl (C=O) groups excluding carboxylic acids is 5. The quantitative estimate of drug-likeness (QED) is 0.123. The Balaban J connectivity index is 1.34. The van der Waals surface area contributed by atoms with Crippen LogP contribution in [0.4, 0.5) is 13.2 Å². The van der Waals surface area contributed by atoms with E-state index in [0.717, 1.165) is 43.4 Å². The Labute approximate surface area is 380 Å². The van der Waals surface area contributed by atoms with Gasteiger partial charge in [0.05, 0.1) is 6.42 Å². The normalized spacial score (nSPS) is 19.0. The Bertz CT molecular complexity index is 2080. The molecule has 346 valence electrons. The van der Waals surface area contributed by atoms with Crippen LogP contribution in [0.3, 0.4) is 0 Å². The number of nitrogens with zero attached hydrogens (tertiary/aromatic N) is 2. The van der Waals surface area contributed by atoms with Crippen molar-refractivity contribution in [3.05, 3.63) is 106 Å². The van der Waals surface area contributed by atoms with Gasteiger partial charge in [0, 0.05) is 41.9 Å². The minimum atomic E-state index is -5.22. The molecule has 0 bridgehead atoms. The van der Waals surface area contributed by atoms with Crippen molar-refractivity contribution in [2.75, 3.05) is 20.1 Å². The van der Waals surface area contributed by atoms with E-state index in [1.54, 1.807) is 36.9 Å². The Morgan fingerprint density at radius 1 is 0.781 bits per heavy atom. The van der Waals surface area contributed by atoms with Crippen molar-refractivity contribution in [3.8, 4) is 0 Å². The molecule has 3 aromatic rings. The molecule has 0 aromatic heterocycles. The molecule has 3 atom stereocenters. The van der Waals surface area contributed by atoms with Gasteiger partial charge in [-0.3, -0.25) is 24.0 Å². The van der Waals surface area contributed by atoms with Gasteiger partial charge in [-0.1, -0.05) is 150 Å². The smallest absolute Gasteiger partial charge is 0.444 e. The zero-order chi connectivity index (χ0) is 46.1.